The Morgan fingerprint density at radius 1 is 1.20 bits per heavy atom. The number of ether oxygens (including phenoxy) is 1. The van der Waals surface area contributed by atoms with Crippen LogP contribution in [0.2, 0.25) is 0 Å². The van der Waals surface area contributed by atoms with Gasteiger partial charge in [0, 0.05) is 50.0 Å². The molecule has 1 aromatic carbocycles. The Kier molecular flexibility index (Phi) is 11.3. The van der Waals surface area contributed by atoms with Gasteiger partial charge in [0.25, 0.3) is 0 Å². The second-order valence-electron chi connectivity index (χ2n) is 8.30. The maximum Gasteiger partial charge on any atom is 0.244 e. The Hall–Kier alpha value is -3.29. The fourth-order valence-electron chi connectivity index (χ4n) is 4.32. The van der Waals surface area contributed by atoms with Crippen LogP contribution in [-0.2, 0) is 30.6 Å². The number of hydrogen-bond acceptors (Lipinski definition) is 5. The molecular weight excluding hydrogens is 445 g/mol. The Labute approximate surface area is 209 Å². The van der Waals surface area contributed by atoms with Gasteiger partial charge >= 0.3 is 0 Å². The first-order chi connectivity index (χ1) is 16.9. The molecule has 0 bridgehead atoms. The number of rotatable bonds is 10. The summed E-state index contributed by atoms with van der Waals surface area (Å²) in [5, 5.41) is 4.67. The van der Waals surface area contributed by atoms with Crippen molar-refractivity contribution in [2.75, 3.05) is 44.4 Å². The SMILES string of the molecule is C=CCc1nn(CC(=O)N2CCN(c3ccc(CC)c(OCCF)c3)CC2)c(C)c1CC.C=CN. The quantitative estimate of drug-likeness (QED) is 0.518. The van der Waals surface area contributed by atoms with Gasteiger partial charge in [0.15, 0.2) is 0 Å². The summed E-state index contributed by atoms with van der Waals surface area (Å²) in [6.07, 6.45) is 5.56. The van der Waals surface area contributed by atoms with Crippen LogP contribution < -0.4 is 15.4 Å². The van der Waals surface area contributed by atoms with Gasteiger partial charge in [0.05, 0.1) is 5.69 Å². The summed E-state index contributed by atoms with van der Waals surface area (Å²) in [5.41, 5.74) is 10.0. The van der Waals surface area contributed by atoms with E-state index in [2.05, 4.69) is 48.8 Å². The van der Waals surface area contributed by atoms with E-state index < -0.39 is 6.67 Å². The lowest BCUT2D eigenvalue weighted by molar-refractivity contribution is -0.132. The van der Waals surface area contributed by atoms with Crippen LogP contribution >= 0.6 is 0 Å². The number of nitrogens with zero attached hydrogens (tertiary/aromatic N) is 4. The number of aryl methyl sites for hydroxylation is 1. The van der Waals surface area contributed by atoms with E-state index in [1.54, 1.807) is 0 Å². The number of nitrogens with two attached hydrogens (primary N) is 1. The minimum absolute atomic E-state index is 0.0693. The van der Waals surface area contributed by atoms with Crippen LogP contribution in [0.25, 0.3) is 0 Å². The molecule has 35 heavy (non-hydrogen) atoms. The maximum atomic E-state index is 13.0. The Balaban J connectivity index is 0.00000137. The molecule has 8 heteroatoms. The highest BCUT2D eigenvalue weighted by atomic mass is 19.1. The third kappa shape index (κ3) is 7.34. The van der Waals surface area contributed by atoms with Crippen molar-refractivity contribution >= 4 is 11.6 Å². The number of hydrogen-bond donors (Lipinski definition) is 1. The molecule has 1 amide bonds. The number of benzene rings is 1. The zero-order chi connectivity index (χ0) is 25.8. The van der Waals surface area contributed by atoms with Gasteiger partial charge < -0.3 is 20.3 Å². The van der Waals surface area contributed by atoms with Crippen molar-refractivity contribution in [3.63, 3.8) is 0 Å². The van der Waals surface area contributed by atoms with Crippen LogP contribution in [0.1, 0.15) is 36.4 Å². The highest BCUT2D eigenvalue weighted by Gasteiger charge is 2.23. The van der Waals surface area contributed by atoms with E-state index in [-0.39, 0.29) is 19.1 Å². The zero-order valence-corrected chi connectivity index (χ0v) is 21.4. The molecule has 2 N–H and O–H groups in total. The zero-order valence-electron chi connectivity index (χ0n) is 21.4. The molecule has 1 aliphatic heterocycles. The predicted molar refractivity (Wildman–Crippen MR) is 141 cm³/mol. The van der Waals surface area contributed by atoms with Crippen LogP contribution in [-0.4, -0.2) is 60.0 Å². The van der Waals surface area contributed by atoms with Crippen molar-refractivity contribution in [1.82, 2.24) is 14.7 Å². The normalized spacial score (nSPS) is 13.1. The number of carbonyl (C=O) groups is 1. The highest BCUT2D eigenvalue weighted by Crippen LogP contribution is 2.27. The third-order valence-electron chi connectivity index (χ3n) is 6.15. The second-order valence-corrected chi connectivity index (χ2v) is 8.30. The van der Waals surface area contributed by atoms with Crippen molar-refractivity contribution in [2.24, 2.45) is 5.73 Å². The van der Waals surface area contributed by atoms with Gasteiger partial charge in [0.1, 0.15) is 25.6 Å². The molecule has 0 aliphatic carbocycles. The molecule has 0 atom stereocenters. The van der Waals surface area contributed by atoms with Crippen LogP contribution in [0.5, 0.6) is 5.75 Å². The number of amides is 1. The fourth-order valence-corrected chi connectivity index (χ4v) is 4.32. The smallest absolute Gasteiger partial charge is 0.244 e. The standard InChI is InChI=1S/C25H35FN4O2.C2H5N/c1-5-8-23-22(7-3)19(4)30(27-23)18-25(31)29-14-12-28(13-15-29)21-10-9-20(6-2)24(17-21)32-16-11-26;1-2-3/h5,9-10,17H,1,6-8,11-16,18H2,2-4H3;2H,1,3H2. The van der Waals surface area contributed by atoms with Crippen molar-refractivity contribution in [1.29, 1.82) is 0 Å². The Morgan fingerprint density at radius 2 is 1.89 bits per heavy atom. The third-order valence-corrected chi connectivity index (χ3v) is 6.15. The molecule has 1 aliphatic rings. The van der Waals surface area contributed by atoms with E-state index >= 15 is 0 Å². The maximum absolute atomic E-state index is 13.0. The molecule has 1 saturated heterocycles. The first-order valence-corrected chi connectivity index (χ1v) is 12.3. The number of anilines is 1. The summed E-state index contributed by atoms with van der Waals surface area (Å²) in [6, 6.07) is 6.12. The van der Waals surface area contributed by atoms with Gasteiger partial charge in [-0.1, -0.05) is 32.6 Å². The number of aromatic nitrogens is 2. The number of halogens is 1. The van der Waals surface area contributed by atoms with Crippen LogP contribution in [0, 0.1) is 6.92 Å². The molecule has 192 valence electrons. The van der Waals surface area contributed by atoms with E-state index in [0.717, 1.165) is 60.7 Å². The summed E-state index contributed by atoms with van der Waals surface area (Å²) in [4.78, 5) is 17.1. The summed E-state index contributed by atoms with van der Waals surface area (Å²) in [6.45, 7) is 15.8. The summed E-state index contributed by atoms with van der Waals surface area (Å²) in [7, 11) is 0. The van der Waals surface area contributed by atoms with Crippen LogP contribution in [0.4, 0.5) is 10.1 Å². The van der Waals surface area contributed by atoms with Crippen molar-refractivity contribution < 1.29 is 13.9 Å². The van der Waals surface area contributed by atoms with Gasteiger partial charge in [-0.2, -0.15) is 5.10 Å². The molecule has 1 fully saturated rings. The van der Waals surface area contributed by atoms with Crippen molar-refractivity contribution in [3.8, 4) is 5.75 Å². The Bertz CT molecular complexity index is 980. The van der Waals surface area contributed by atoms with Crippen LogP contribution in [0.3, 0.4) is 0 Å². The molecule has 2 heterocycles. The highest BCUT2D eigenvalue weighted by molar-refractivity contribution is 5.76. The van der Waals surface area contributed by atoms with Crippen LogP contribution in [0.15, 0.2) is 43.6 Å². The van der Waals surface area contributed by atoms with Gasteiger partial charge in [-0.3, -0.25) is 9.48 Å². The van der Waals surface area contributed by atoms with Crippen molar-refractivity contribution in [2.45, 2.75) is 46.6 Å². The number of allylic oxidation sites excluding steroid dienone is 1. The largest absolute Gasteiger partial charge is 0.491 e. The lowest BCUT2D eigenvalue weighted by Gasteiger charge is -2.36. The molecule has 7 nitrogen and oxygen atoms in total. The summed E-state index contributed by atoms with van der Waals surface area (Å²) < 4.78 is 20.0. The predicted octanol–water partition coefficient (Wildman–Crippen LogP) is 3.83. The molecule has 2 aromatic rings. The molecule has 0 unspecified atom stereocenters. The molecule has 3 rings (SSSR count). The van der Waals surface area contributed by atoms with E-state index in [1.165, 1.54) is 11.8 Å². The van der Waals surface area contributed by atoms with Gasteiger partial charge in [-0.15, -0.1) is 6.58 Å². The lowest BCUT2D eigenvalue weighted by atomic mass is 10.1. The first-order valence-electron chi connectivity index (χ1n) is 12.3. The first kappa shape index (κ1) is 28.0. The number of carbonyl (C=O) groups excluding carboxylic acids is 1. The minimum atomic E-state index is -0.501. The van der Waals surface area contributed by atoms with E-state index in [9.17, 15) is 9.18 Å². The van der Waals surface area contributed by atoms with E-state index in [1.807, 2.05) is 34.7 Å². The summed E-state index contributed by atoms with van der Waals surface area (Å²) >= 11 is 0. The topological polar surface area (TPSA) is 76.6 Å². The lowest BCUT2D eigenvalue weighted by Crippen LogP contribution is -2.49. The monoisotopic (exact) mass is 485 g/mol. The van der Waals surface area contributed by atoms with Crippen molar-refractivity contribution in [3.05, 3.63) is 66.1 Å². The Morgan fingerprint density at radius 3 is 2.46 bits per heavy atom. The fraction of sp³-hybridized carbons (Fsp3) is 0.481. The molecule has 0 radical (unpaired) electrons. The number of alkyl halides is 1. The summed E-state index contributed by atoms with van der Waals surface area (Å²) in [5.74, 6) is 0.841. The van der Waals surface area contributed by atoms with Gasteiger partial charge in [-0.25, -0.2) is 4.39 Å². The number of piperazine rings is 1. The van der Waals surface area contributed by atoms with Gasteiger partial charge in [0.2, 0.25) is 5.91 Å². The molecule has 1 aromatic heterocycles. The molecule has 0 saturated carbocycles. The van der Waals surface area contributed by atoms with Gasteiger partial charge in [-0.05, 0) is 43.2 Å². The minimum Gasteiger partial charge on any atom is -0.491 e. The molecular formula is C27H40FN5O2. The van der Waals surface area contributed by atoms with E-state index in [4.69, 9.17) is 4.74 Å². The molecule has 0 spiro atoms. The van der Waals surface area contributed by atoms with E-state index in [0.29, 0.717) is 13.1 Å². The average Bonchev–Trinajstić information content (AvgIpc) is 3.16. The second kappa shape index (κ2) is 14.2. The average molecular weight is 486 g/mol.